The van der Waals surface area contributed by atoms with Gasteiger partial charge in [-0.3, -0.25) is 0 Å². The normalized spacial score (nSPS) is 13.5. The van der Waals surface area contributed by atoms with E-state index in [-0.39, 0.29) is 11.2 Å². The van der Waals surface area contributed by atoms with Crippen molar-refractivity contribution in [2.45, 2.75) is 74.7 Å². The first kappa shape index (κ1) is 22.7. The maximum absolute atomic E-state index is 10.2. The zero-order valence-electron chi connectivity index (χ0n) is 15.8. The minimum atomic E-state index is 0.0451. The Bertz CT molecular complexity index is 434. The number of nitrogens with two attached hydrogens (primary N) is 3. The first-order valence-corrected chi connectivity index (χ1v) is 8.11. The molecule has 22 heavy (non-hydrogen) atoms. The molecule has 0 aliphatic rings. The summed E-state index contributed by atoms with van der Waals surface area (Å²) in [6.07, 6.45) is 2.20. The molecule has 0 fully saturated rings. The largest absolute Gasteiger partial charge is 0.505 e. The van der Waals surface area contributed by atoms with Gasteiger partial charge in [0.1, 0.15) is 5.76 Å². The molecule has 0 aromatic rings. The molecular weight excluding hydrogens is 274 g/mol. The Balaban J connectivity index is 0. The fourth-order valence-corrected chi connectivity index (χ4v) is 1.77. The Morgan fingerprint density at radius 2 is 1.41 bits per heavy atom. The summed E-state index contributed by atoms with van der Waals surface area (Å²) in [5.41, 5.74) is 21.1. The number of hydrogen-bond donors (Lipinski definition) is 4. The van der Waals surface area contributed by atoms with Gasteiger partial charge >= 0.3 is 0 Å². The van der Waals surface area contributed by atoms with Gasteiger partial charge in [-0.1, -0.05) is 47.1 Å². The molecular formula is C18H37N3O. The van der Waals surface area contributed by atoms with Crippen molar-refractivity contribution in [3.63, 3.8) is 0 Å². The molecule has 0 aromatic carbocycles. The van der Waals surface area contributed by atoms with E-state index in [1.807, 2.05) is 34.6 Å². The van der Waals surface area contributed by atoms with Gasteiger partial charge in [0.05, 0.1) is 11.4 Å². The SMILES string of the molecule is CC.CC/C(N)=C(/O)C(=C(C)C)/C(N)=C(/N)CCC(C)(C)C. The monoisotopic (exact) mass is 311 g/mol. The van der Waals surface area contributed by atoms with E-state index in [1.165, 1.54) is 0 Å². The van der Waals surface area contributed by atoms with Crippen molar-refractivity contribution in [3.05, 3.63) is 34.0 Å². The van der Waals surface area contributed by atoms with Crippen molar-refractivity contribution in [1.82, 2.24) is 0 Å². The molecule has 0 aliphatic heterocycles. The minimum absolute atomic E-state index is 0.0451. The molecule has 0 heterocycles. The van der Waals surface area contributed by atoms with Crippen molar-refractivity contribution in [3.8, 4) is 0 Å². The zero-order valence-corrected chi connectivity index (χ0v) is 15.8. The maximum Gasteiger partial charge on any atom is 0.143 e. The first-order valence-electron chi connectivity index (χ1n) is 8.11. The van der Waals surface area contributed by atoms with Gasteiger partial charge in [0.25, 0.3) is 0 Å². The lowest BCUT2D eigenvalue weighted by atomic mass is 9.89. The zero-order chi connectivity index (χ0) is 18.1. The van der Waals surface area contributed by atoms with Crippen molar-refractivity contribution in [1.29, 1.82) is 0 Å². The Morgan fingerprint density at radius 1 is 0.955 bits per heavy atom. The van der Waals surface area contributed by atoms with Crippen LogP contribution in [-0.2, 0) is 0 Å². The van der Waals surface area contributed by atoms with Crippen LogP contribution >= 0.6 is 0 Å². The summed E-state index contributed by atoms with van der Waals surface area (Å²) in [4.78, 5) is 0. The third kappa shape index (κ3) is 8.01. The van der Waals surface area contributed by atoms with Crippen LogP contribution in [0.25, 0.3) is 0 Å². The number of hydrogen-bond acceptors (Lipinski definition) is 4. The van der Waals surface area contributed by atoms with Crippen LogP contribution in [0.15, 0.2) is 34.0 Å². The van der Waals surface area contributed by atoms with Crippen LogP contribution in [0.4, 0.5) is 0 Å². The highest BCUT2D eigenvalue weighted by Gasteiger charge is 2.17. The predicted molar refractivity (Wildman–Crippen MR) is 97.9 cm³/mol. The van der Waals surface area contributed by atoms with Crippen LogP contribution in [0, 0.1) is 5.41 Å². The lowest BCUT2D eigenvalue weighted by Gasteiger charge is -2.20. The molecule has 0 rings (SSSR count). The molecule has 0 aliphatic carbocycles. The van der Waals surface area contributed by atoms with Gasteiger partial charge in [0, 0.05) is 11.3 Å². The predicted octanol–water partition coefficient (Wildman–Crippen LogP) is 4.44. The Hall–Kier alpha value is -1.58. The second-order valence-corrected chi connectivity index (χ2v) is 6.60. The summed E-state index contributed by atoms with van der Waals surface area (Å²) in [6, 6.07) is 0. The molecule has 0 saturated carbocycles. The highest BCUT2D eigenvalue weighted by molar-refractivity contribution is 5.47. The van der Waals surface area contributed by atoms with Gasteiger partial charge in [-0.25, -0.2) is 0 Å². The van der Waals surface area contributed by atoms with Crippen LogP contribution in [-0.4, -0.2) is 5.11 Å². The molecule has 0 amide bonds. The molecule has 7 N–H and O–H groups in total. The molecule has 0 aromatic heterocycles. The first-order chi connectivity index (χ1) is 10.0. The van der Waals surface area contributed by atoms with Gasteiger partial charge in [-0.05, 0) is 38.5 Å². The van der Waals surface area contributed by atoms with E-state index in [1.54, 1.807) is 0 Å². The second-order valence-electron chi connectivity index (χ2n) is 6.60. The average molecular weight is 312 g/mol. The van der Waals surface area contributed by atoms with E-state index in [0.717, 1.165) is 12.0 Å². The van der Waals surface area contributed by atoms with Crippen LogP contribution < -0.4 is 17.2 Å². The van der Waals surface area contributed by atoms with Gasteiger partial charge in [0.2, 0.25) is 0 Å². The lowest BCUT2D eigenvalue weighted by molar-refractivity contribution is 0.376. The summed E-state index contributed by atoms with van der Waals surface area (Å²) in [6.45, 7) is 16.1. The second kappa shape index (κ2) is 10.2. The van der Waals surface area contributed by atoms with Crippen LogP contribution in [0.2, 0.25) is 0 Å². The molecule has 0 radical (unpaired) electrons. The molecule has 0 unspecified atom stereocenters. The van der Waals surface area contributed by atoms with Crippen molar-refractivity contribution >= 4 is 0 Å². The molecule has 130 valence electrons. The summed E-state index contributed by atoms with van der Waals surface area (Å²) < 4.78 is 0. The highest BCUT2D eigenvalue weighted by Crippen LogP contribution is 2.26. The Morgan fingerprint density at radius 3 is 1.73 bits per heavy atom. The molecule has 4 heteroatoms. The Kier molecular flexibility index (Phi) is 10.5. The van der Waals surface area contributed by atoms with Gasteiger partial charge in [0.15, 0.2) is 0 Å². The summed E-state index contributed by atoms with van der Waals surface area (Å²) in [5.74, 6) is 0.0451. The minimum Gasteiger partial charge on any atom is -0.505 e. The molecule has 4 nitrogen and oxygen atoms in total. The highest BCUT2D eigenvalue weighted by atomic mass is 16.3. The molecule has 0 spiro atoms. The third-order valence-electron chi connectivity index (χ3n) is 3.18. The number of rotatable bonds is 5. The molecule has 0 saturated heterocycles. The standard InChI is InChI=1S/C16H31N3O.C2H6/c1-7-11(17)15(20)13(10(2)3)14(19)12(18)8-9-16(4,5)6;1-2/h20H,7-9,17-19H2,1-6H3;1-2H3/b14-12-,15-11-;. The number of aliphatic hydroxyl groups excluding tert-OH is 1. The van der Waals surface area contributed by atoms with Crippen molar-refractivity contribution < 1.29 is 5.11 Å². The van der Waals surface area contributed by atoms with E-state index in [4.69, 9.17) is 17.2 Å². The molecule has 0 bridgehead atoms. The quantitative estimate of drug-likeness (QED) is 0.445. The van der Waals surface area contributed by atoms with Crippen LogP contribution in [0.5, 0.6) is 0 Å². The topological polar surface area (TPSA) is 98.3 Å². The average Bonchev–Trinajstić information content (AvgIpc) is 2.44. The van der Waals surface area contributed by atoms with Crippen molar-refractivity contribution in [2.75, 3.05) is 0 Å². The Labute approximate surface area is 137 Å². The summed E-state index contributed by atoms with van der Waals surface area (Å²) >= 11 is 0. The third-order valence-corrected chi connectivity index (χ3v) is 3.18. The maximum atomic E-state index is 10.2. The van der Waals surface area contributed by atoms with Crippen LogP contribution in [0.3, 0.4) is 0 Å². The van der Waals surface area contributed by atoms with E-state index in [0.29, 0.717) is 35.5 Å². The smallest absolute Gasteiger partial charge is 0.143 e. The van der Waals surface area contributed by atoms with E-state index >= 15 is 0 Å². The van der Waals surface area contributed by atoms with Crippen molar-refractivity contribution in [2.24, 2.45) is 22.6 Å². The van der Waals surface area contributed by atoms with Gasteiger partial charge < -0.3 is 22.3 Å². The van der Waals surface area contributed by atoms with E-state index in [9.17, 15) is 5.11 Å². The summed E-state index contributed by atoms with van der Waals surface area (Å²) in [5, 5.41) is 10.2. The van der Waals surface area contributed by atoms with E-state index in [2.05, 4.69) is 20.8 Å². The fourth-order valence-electron chi connectivity index (χ4n) is 1.77. The molecule has 0 atom stereocenters. The van der Waals surface area contributed by atoms with Crippen LogP contribution in [0.1, 0.15) is 74.7 Å². The van der Waals surface area contributed by atoms with Gasteiger partial charge in [-0.15, -0.1) is 0 Å². The number of aliphatic hydroxyl groups is 1. The van der Waals surface area contributed by atoms with Gasteiger partial charge in [-0.2, -0.15) is 0 Å². The lowest BCUT2D eigenvalue weighted by Crippen LogP contribution is -2.17. The van der Waals surface area contributed by atoms with E-state index < -0.39 is 0 Å². The number of allylic oxidation sites excluding steroid dienone is 3. The fraction of sp³-hybridized carbons (Fsp3) is 0.667. The summed E-state index contributed by atoms with van der Waals surface area (Å²) in [7, 11) is 0.